The summed E-state index contributed by atoms with van der Waals surface area (Å²) in [7, 11) is 0. The summed E-state index contributed by atoms with van der Waals surface area (Å²) < 4.78 is 0. The number of aliphatic hydroxyl groups excluding tert-OH is 1. The van der Waals surface area contributed by atoms with Crippen LogP contribution in [0.4, 0.5) is 4.79 Å². The van der Waals surface area contributed by atoms with E-state index in [0.717, 1.165) is 11.1 Å². The molecule has 114 valence electrons. The number of benzene rings is 1. The SMILES string of the molecule is Cc1ccccc1C(O)CNC(=O)NC(C1CC1)C1CC1. The quantitative estimate of drug-likeness (QED) is 0.753. The van der Waals surface area contributed by atoms with Crippen LogP contribution in [-0.2, 0) is 0 Å². The predicted octanol–water partition coefficient (Wildman–Crippen LogP) is 2.52. The second-order valence-electron chi connectivity index (χ2n) is 6.43. The van der Waals surface area contributed by atoms with Gasteiger partial charge in [-0.05, 0) is 55.6 Å². The van der Waals surface area contributed by atoms with E-state index in [1.165, 1.54) is 25.7 Å². The first kappa shape index (κ1) is 14.4. The molecule has 0 spiro atoms. The average molecular weight is 288 g/mol. The lowest BCUT2D eigenvalue weighted by Crippen LogP contribution is -2.45. The van der Waals surface area contributed by atoms with Crippen LogP contribution in [0.3, 0.4) is 0 Å². The molecule has 1 unspecified atom stereocenters. The van der Waals surface area contributed by atoms with Crippen LogP contribution >= 0.6 is 0 Å². The van der Waals surface area contributed by atoms with Gasteiger partial charge in [0.15, 0.2) is 0 Å². The smallest absolute Gasteiger partial charge is 0.315 e. The number of amides is 2. The van der Waals surface area contributed by atoms with Crippen LogP contribution in [0.2, 0.25) is 0 Å². The number of hydrogen-bond donors (Lipinski definition) is 3. The zero-order chi connectivity index (χ0) is 14.8. The molecule has 4 nitrogen and oxygen atoms in total. The summed E-state index contributed by atoms with van der Waals surface area (Å²) in [6.07, 6.45) is 4.32. The van der Waals surface area contributed by atoms with E-state index >= 15 is 0 Å². The summed E-state index contributed by atoms with van der Waals surface area (Å²) in [5, 5.41) is 16.1. The third-order valence-corrected chi connectivity index (χ3v) is 4.56. The molecular formula is C17H24N2O2. The summed E-state index contributed by atoms with van der Waals surface area (Å²) in [6, 6.07) is 7.92. The minimum atomic E-state index is -0.655. The van der Waals surface area contributed by atoms with E-state index in [-0.39, 0.29) is 12.6 Å². The van der Waals surface area contributed by atoms with Crippen LogP contribution in [0.25, 0.3) is 0 Å². The molecule has 0 bridgehead atoms. The molecule has 2 amide bonds. The normalized spacial score (nSPS) is 19.4. The van der Waals surface area contributed by atoms with Gasteiger partial charge in [0.2, 0.25) is 0 Å². The third kappa shape index (κ3) is 3.76. The van der Waals surface area contributed by atoms with Crippen molar-refractivity contribution in [2.45, 2.75) is 44.8 Å². The number of carbonyl (C=O) groups is 1. The first-order valence-electron chi connectivity index (χ1n) is 7.93. The van der Waals surface area contributed by atoms with Gasteiger partial charge >= 0.3 is 6.03 Å². The molecular weight excluding hydrogens is 264 g/mol. The fourth-order valence-corrected chi connectivity index (χ4v) is 2.99. The van der Waals surface area contributed by atoms with Crippen LogP contribution in [0.15, 0.2) is 24.3 Å². The lowest BCUT2D eigenvalue weighted by molar-refractivity contribution is 0.171. The van der Waals surface area contributed by atoms with Gasteiger partial charge in [0.05, 0.1) is 6.10 Å². The van der Waals surface area contributed by atoms with Gasteiger partial charge in [0.1, 0.15) is 0 Å². The summed E-state index contributed by atoms with van der Waals surface area (Å²) in [5.41, 5.74) is 1.92. The fraction of sp³-hybridized carbons (Fsp3) is 0.588. The Balaban J connectivity index is 1.48. The van der Waals surface area contributed by atoms with Gasteiger partial charge in [0, 0.05) is 12.6 Å². The maximum absolute atomic E-state index is 12.0. The maximum Gasteiger partial charge on any atom is 0.315 e. The van der Waals surface area contributed by atoms with Gasteiger partial charge in [-0.25, -0.2) is 4.79 Å². The van der Waals surface area contributed by atoms with E-state index in [9.17, 15) is 9.90 Å². The molecule has 3 rings (SSSR count). The molecule has 0 saturated heterocycles. The number of carbonyl (C=O) groups excluding carboxylic acids is 1. The largest absolute Gasteiger partial charge is 0.387 e. The van der Waals surface area contributed by atoms with Crippen LogP contribution < -0.4 is 10.6 Å². The van der Waals surface area contributed by atoms with Gasteiger partial charge in [-0.1, -0.05) is 24.3 Å². The summed E-state index contributed by atoms with van der Waals surface area (Å²) in [6.45, 7) is 2.22. The molecule has 21 heavy (non-hydrogen) atoms. The van der Waals surface area contributed by atoms with Crippen LogP contribution in [0, 0.1) is 18.8 Å². The summed E-state index contributed by atoms with van der Waals surface area (Å²) in [5.74, 6) is 1.37. The van der Waals surface area contributed by atoms with E-state index in [1.807, 2.05) is 31.2 Å². The fourth-order valence-electron chi connectivity index (χ4n) is 2.99. The molecule has 1 atom stereocenters. The molecule has 2 fully saturated rings. The molecule has 0 heterocycles. The molecule has 0 aromatic heterocycles. The Morgan fingerprint density at radius 2 is 1.86 bits per heavy atom. The number of rotatable bonds is 6. The molecule has 2 aliphatic rings. The van der Waals surface area contributed by atoms with Crippen molar-refractivity contribution in [2.24, 2.45) is 11.8 Å². The van der Waals surface area contributed by atoms with E-state index < -0.39 is 6.10 Å². The Morgan fingerprint density at radius 1 is 1.24 bits per heavy atom. The van der Waals surface area contributed by atoms with Crippen molar-refractivity contribution in [3.8, 4) is 0 Å². The van der Waals surface area contributed by atoms with Crippen molar-refractivity contribution in [3.63, 3.8) is 0 Å². The van der Waals surface area contributed by atoms with Crippen LogP contribution in [0.1, 0.15) is 42.9 Å². The minimum absolute atomic E-state index is 0.147. The molecule has 2 saturated carbocycles. The number of nitrogens with one attached hydrogen (secondary N) is 2. The van der Waals surface area contributed by atoms with Gasteiger partial charge in [0.25, 0.3) is 0 Å². The van der Waals surface area contributed by atoms with Crippen molar-refractivity contribution >= 4 is 6.03 Å². The Labute approximate surface area is 125 Å². The second kappa shape index (κ2) is 6.06. The van der Waals surface area contributed by atoms with Crippen LogP contribution in [-0.4, -0.2) is 23.7 Å². The highest BCUT2D eigenvalue weighted by Crippen LogP contribution is 2.44. The molecule has 2 aliphatic carbocycles. The van der Waals surface area contributed by atoms with Crippen molar-refractivity contribution in [1.82, 2.24) is 10.6 Å². The molecule has 1 aromatic rings. The summed E-state index contributed by atoms with van der Waals surface area (Å²) in [4.78, 5) is 12.0. The highest BCUT2D eigenvalue weighted by atomic mass is 16.3. The predicted molar refractivity (Wildman–Crippen MR) is 81.9 cm³/mol. The van der Waals surface area contributed by atoms with E-state index in [0.29, 0.717) is 17.9 Å². The lowest BCUT2D eigenvalue weighted by Gasteiger charge is -2.19. The maximum atomic E-state index is 12.0. The number of aryl methyl sites for hydroxylation is 1. The Kier molecular flexibility index (Phi) is 4.15. The number of urea groups is 1. The second-order valence-corrected chi connectivity index (χ2v) is 6.43. The van der Waals surface area contributed by atoms with Crippen LogP contribution in [0.5, 0.6) is 0 Å². The first-order chi connectivity index (χ1) is 10.1. The zero-order valence-corrected chi connectivity index (χ0v) is 12.5. The summed E-state index contributed by atoms with van der Waals surface area (Å²) >= 11 is 0. The zero-order valence-electron chi connectivity index (χ0n) is 12.5. The lowest BCUT2D eigenvalue weighted by atomic mass is 10.0. The monoisotopic (exact) mass is 288 g/mol. The molecule has 3 N–H and O–H groups in total. The van der Waals surface area contributed by atoms with Gasteiger partial charge in [-0.2, -0.15) is 0 Å². The molecule has 0 aliphatic heterocycles. The van der Waals surface area contributed by atoms with Gasteiger partial charge in [-0.15, -0.1) is 0 Å². The molecule has 1 aromatic carbocycles. The molecule has 0 radical (unpaired) electrons. The number of hydrogen-bond acceptors (Lipinski definition) is 2. The highest BCUT2D eigenvalue weighted by molar-refractivity contribution is 5.74. The first-order valence-corrected chi connectivity index (χ1v) is 7.93. The van der Waals surface area contributed by atoms with E-state index in [4.69, 9.17) is 0 Å². The standard InChI is InChI=1S/C17H24N2O2/c1-11-4-2-3-5-14(11)15(20)10-18-17(21)19-16(12-6-7-12)13-8-9-13/h2-5,12-13,15-16,20H,6-10H2,1H3,(H2,18,19,21). The van der Waals surface area contributed by atoms with Gasteiger partial charge < -0.3 is 15.7 Å². The number of aliphatic hydroxyl groups is 1. The van der Waals surface area contributed by atoms with Crippen molar-refractivity contribution in [2.75, 3.05) is 6.54 Å². The Morgan fingerprint density at radius 3 is 2.43 bits per heavy atom. The van der Waals surface area contributed by atoms with Crippen molar-refractivity contribution < 1.29 is 9.90 Å². The molecule has 4 heteroatoms. The minimum Gasteiger partial charge on any atom is -0.387 e. The average Bonchev–Trinajstić information content (AvgIpc) is 3.36. The van der Waals surface area contributed by atoms with Gasteiger partial charge in [-0.3, -0.25) is 0 Å². The third-order valence-electron chi connectivity index (χ3n) is 4.56. The van der Waals surface area contributed by atoms with E-state index in [2.05, 4.69) is 10.6 Å². The topological polar surface area (TPSA) is 61.4 Å². The van der Waals surface area contributed by atoms with E-state index in [1.54, 1.807) is 0 Å². The Hall–Kier alpha value is -1.55. The van der Waals surface area contributed by atoms with Crippen molar-refractivity contribution in [3.05, 3.63) is 35.4 Å². The van der Waals surface area contributed by atoms with Crippen molar-refractivity contribution in [1.29, 1.82) is 0 Å². The Bertz CT molecular complexity index is 497. The highest BCUT2D eigenvalue weighted by Gasteiger charge is 2.42.